The average Bonchev–Trinajstić information content (AvgIpc) is 2.29. The van der Waals surface area contributed by atoms with Gasteiger partial charge in [0, 0.05) is 11.5 Å². The van der Waals surface area contributed by atoms with Gasteiger partial charge in [0.15, 0.2) is 0 Å². The van der Waals surface area contributed by atoms with E-state index in [1.165, 1.54) is 11.1 Å². The standard InChI is InChI=1S/C14H19N/c1-4-14(2)10-9-11-7-5-6-8-12(11)13(14)15-3/h5-10,13,15H,4H2,1-3H3. The van der Waals surface area contributed by atoms with Gasteiger partial charge in [0.05, 0.1) is 0 Å². The van der Waals surface area contributed by atoms with E-state index in [1.807, 2.05) is 0 Å². The number of benzene rings is 1. The SMILES string of the molecule is CCC1(C)C=Cc2ccccc2C1NC. The Kier molecular flexibility index (Phi) is 2.66. The molecule has 1 N–H and O–H groups in total. The van der Waals surface area contributed by atoms with Crippen LogP contribution in [0.4, 0.5) is 0 Å². The summed E-state index contributed by atoms with van der Waals surface area (Å²) < 4.78 is 0. The van der Waals surface area contributed by atoms with Crippen molar-refractivity contribution in [2.45, 2.75) is 26.3 Å². The summed E-state index contributed by atoms with van der Waals surface area (Å²) in [7, 11) is 2.05. The minimum atomic E-state index is 0.239. The van der Waals surface area contributed by atoms with Crippen LogP contribution in [0.25, 0.3) is 6.08 Å². The fraction of sp³-hybridized carbons (Fsp3) is 0.429. The van der Waals surface area contributed by atoms with E-state index in [0.717, 1.165) is 6.42 Å². The first-order valence-corrected chi connectivity index (χ1v) is 5.66. The van der Waals surface area contributed by atoms with E-state index < -0.39 is 0 Å². The molecule has 2 atom stereocenters. The van der Waals surface area contributed by atoms with Crippen molar-refractivity contribution in [2.75, 3.05) is 7.05 Å². The maximum absolute atomic E-state index is 3.45. The Morgan fingerprint density at radius 1 is 1.33 bits per heavy atom. The minimum absolute atomic E-state index is 0.239. The highest BCUT2D eigenvalue weighted by Crippen LogP contribution is 2.43. The van der Waals surface area contributed by atoms with E-state index >= 15 is 0 Å². The Morgan fingerprint density at radius 2 is 2.07 bits per heavy atom. The molecule has 2 rings (SSSR count). The van der Waals surface area contributed by atoms with Crippen LogP contribution in [0.15, 0.2) is 30.3 Å². The van der Waals surface area contributed by atoms with Gasteiger partial charge >= 0.3 is 0 Å². The molecule has 0 aromatic heterocycles. The first-order chi connectivity index (χ1) is 7.21. The summed E-state index contributed by atoms with van der Waals surface area (Å²) in [5.41, 5.74) is 3.01. The summed E-state index contributed by atoms with van der Waals surface area (Å²) in [6, 6.07) is 9.08. The van der Waals surface area contributed by atoms with E-state index in [0.29, 0.717) is 6.04 Å². The number of hydrogen-bond acceptors (Lipinski definition) is 1. The third-order valence-corrected chi connectivity index (χ3v) is 3.66. The second-order valence-corrected chi connectivity index (χ2v) is 4.54. The molecule has 1 aliphatic rings. The third-order valence-electron chi connectivity index (χ3n) is 3.66. The molecule has 1 nitrogen and oxygen atoms in total. The molecule has 15 heavy (non-hydrogen) atoms. The van der Waals surface area contributed by atoms with E-state index in [2.05, 4.69) is 62.6 Å². The molecule has 0 bridgehead atoms. The zero-order valence-electron chi connectivity index (χ0n) is 9.75. The van der Waals surface area contributed by atoms with Gasteiger partial charge in [-0.15, -0.1) is 0 Å². The largest absolute Gasteiger partial charge is 0.312 e. The summed E-state index contributed by atoms with van der Waals surface area (Å²) in [5.74, 6) is 0. The lowest BCUT2D eigenvalue weighted by molar-refractivity contribution is 0.287. The van der Waals surface area contributed by atoms with Crippen molar-refractivity contribution in [1.29, 1.82) is 0 Å². The number of rotatable bonds is 2. The van der Waals surface area contributed by atoms with Gasteiger partial charge in [-0.2, -0.15) is 0 Å². The van der Waals surface area contributed by atoms with Crippen molar-refractivity contribution in [3.63, 3.8) is 0 Å². The smallest absolute Gasteiger partial charge is 0.0413 e. The minimum Gasteiger partial charge on any atom is -0.312 e. The number of nitrogens with one attached hydrogen (secondary N) is 1. The zero-order valence-corrected chi connectivity index (χ0v) is 9.75. The van der Waals surface area contributed by atoms with Gasteiger partial charge in [-0.3, -0.25) is 0 Å². The van der Waals surface area contributed by atoms with Gasteiger partial charge in [-0.1, -0.05) is 50.3 Å². The molecule has 2 unspecified atom stereocenters. The molecule has 1 aromatic carbocycles. The molecule has 1 heteroatoms. The van der Waals surface area contributed by atoms with Crippen molar-refractivity contribution >= 4 is 6.08 Å². The molecule has 0 fully saturated rings. The topological polar surface area (TPSA) is 12.0 Å². The summed E-state index contributed by atoms with van der Waals surface area (Å²) in [4.78, 5) is 0. The number of fused-ring (bicyclic) bond motifs is 1. The Hall–Kier alpha value is -1.08. The molecule has 0 amide bonds. The van der Waals surface area contributed by atoms with Crippen LogP contribution in [0.2, 0.25) is 0 Å². The molecule has 0 heterocycles. The van der Waals surface area contributed by atoms with Crippen molar-refractivity contribution < 1.29 is 0 Å². The monoisotopic (exact) mass is 201 g/mol. The lowest BCUT2D eigenvalue weighted by atomic mass is 9.72. The Bertz CT molecular complexity index is 381. The Labute approximate surface area is 92.2 Å². The number of hydrogen-bond donors (Lipinski definition) is 1. The maximum atomic E-state index is 3.45. The Balaban J connectivity index is 2.50. The molecule has 1 aliphatic carbocycles. The zero-order chi connectivity index (χ0) is 10.9. The molecule has 0 spiro atoms. The summed E-state index contributed by atoms with van der Waals surface area (Å²) in [6.07, 6.45) is 5.76. The van der Waals surface area contributed by atoms with Crippen LogP contribution in [0, 0.1) is 5.41 Å². The van der Waals surface area contributed by atoms with Crippen LogP contribution >= 0.6 is 0 Å². The van der Waals surface area contributed by atoms with Crippen LogP contribution in [-0.2, 0) is 0 Å². The first-order valence-electron chi connectivity index (χ1n) is 5.66. The van der Waals surface area contributed by atoms with Crippen molar-refractivity contribution in [3.05, 3.63) is 41.5 Å². The highest BCUT2D eigenvalue weighted by molar-refractivity contribution is 5.59. The predicted octanol–water partition coefficient (Wildman–Crippen LogP) is 3.39. The fourth-order valence-electron chi connectivity index (χ4n) is 2.46. The van der Waals surface area contributed by atoms with Crippen LogP contribution in [0.3, 0.4) is 0 Å². The van der Waals surface area contributed by atoms with E-state index in [4.69, 9.17) is 0 Å². The second-order valence-electron chi connectivity index (χ2n) is 4.54. The molecule has 0 saturated heterocycles. The van der Waals surface area contributed by atoms with Crippen molar-refractivity contribution in [3.8, 4) is 0 Å². The molecule has 80 valence electrons. The van der Waals surface area contributed by atoms with Gasteiger partial charge in [-0.05, 0) is 24.6 Å². The summed E-state index contributed by atoms with van der Waals surface area (Å²) >= 11 is 0. The molecular weight excluding hydrogens is 182 g/mol. The van der Waals surface area contributed by atoms with Crippen LogP contribution in [0.5, 0.6) is 0 Å². The molecule has 0 radical (unpaired) electrons. The van der Waals surface area contributed by atoms with Gasteiger partial charge in [-0.25, -0.2) is 0 Å². The summed E-state index contributed by atoms with van der Waals surface area (Å²) in [5, 5.41) is 3.45. The highest BCUT2D eigenvalue weighted by Gasteiger charge is 2.33. The third kappa shape index (κ3) is 1.61. The van der Waals surface area contributed by atoms with Crippen molar-refractivity contribution in [2.24, 2.45) is 5.41 Å². The van der Waals surface area contributed by atoms with Gasteiger partial charge in [0.2, 0.25) is 0 Å². The molecule has 0 aliphatic heterocycles. The maximum Gasteiger partial charge on any atom is 0.0413 e. The molecule has 1 aromatic rings. The Morgan fingerprint density at radius 3 is 2.73 bits per heavy atom. The van der Waals surface area contributed by atoms with E-state index in [-0.39, 0.29) is 5.41 Å². The second kappa shape index (κ2) is 3.82. The van der Waals surface area contributed by atoms with E-state index in [9.17, 15) is 0 Å². The highest BCUT2D eigenvalue weighted by atomic mass is 14.9. The lowest BCUT2D eigenvalue weighted by Gasteiger charge is -2.38. The predicted molar refractivity (Wildman–Crippen MR) is 65.7 cm³/mol. The quantitative estimate of drug-likeness (QED) is 0.773. The van der Waals surface area contributed by atoms with Crippen LogP contribution in [-0.4, -0.2) is 7.05 Å². The fourth-order valence-corrected chi connectivity index (χ4v) is 2.46. The molecule has 0 saturated carbocycles. The van der Waals surface area contributed by atoms with Crippen molar-refractivity contribution in [1.82, 2.24) is 5.32 Å². The first kappa shape index (κ1) is 10.4. The van der Waals surface area contributed by atoms with Gasteiger partial charge in [0.25, 0.3) is 0 Å². The lowest BCUT2D eigenvalue weighted by Crippen LogP contribution is -2.34. The van der Waals surface area contributed by atoms with Crippen LogP contribution in [0.1, 0.15) is 37.4 Å². The molecular formula is C14H19N. The normalized spacial score (nSPS) is 28.9. The average molecular weight is 201 g/mol. The van der Waals surface area contributed by atoms with E-state index in [1.54, 1.807) is 0 Å². The van der Waals surface area contributed by atoms with Gasteiger partial charge in [0.1, 0.15) is 0 Å². The van der Waals surface area contributed by atoms with Gasteiger partial charge < -0.3 is 5.32 Å². The summed E-state index contributed by atoms with van der Waals surface area (Å²) in [6.45, 7) is 4.57. The van der Waals surface area contributed by atoms with Crippen LogP contribution < -0.4 is 5.32 Å².